The van der Waals surface area contributed by atoms with Crippen LogP contribution in [0.25, 0.3) is 0 Å². The molecule has 82 valence electrons. The van der Waals surface area contributed by atoms with E-state index in [9.17, 15) is 4.79 Å². The van der Waals surface area contributed by atoms with Crippen molar-refractivity contribution in [3.05, 3.63) is 17.3 Å². The van der Waals surface area contributed by atoms with Crippen LogP contribution in [0.1, 0.15) is 23.8 Å². The van der Waals surface area contributed by atoms with E-state index in [1.807, 2.05) is 13.8 Å². The zero-order valence-electron chi connectivity index (χ0n) is 8.96. The number of hydrogen-bond acceptors (Lipinski definition) is 4. The zero-order valence-corrected chi connectivity index (χ0v) is 8.96. The Morgan fingerprint density at radius 1 is 1.60 bits per heavy atom. The van der Waals surface area contributed by atoms with Crippen LogP contribution in [0.15, 0.2) is 4.42 Å². The van der Waals surface area contributed by atoms with Gasteiger partial charge in [-0.25, -0.2) is 4.98 Å². The van der Waals surface area contributed by atoms with Crippen molar-refractivity contribution >= 4 is 5.91 Å². The van der Waals surface area contributed by atoms with E-state index >= 15 is 0 Å². The van der Waals surface area contributed by atoms with E-state index in [-0.39, 0.29) is 11.9 Å². The van der Waals surface area contributed by atoms with Gasteiger partial charge in [0.1, 0.15) is 5.76 Å². The third-order valence-electron chi connectivity index (χ3n) is 2.59. The lowest BCUT2D eigenvalue weighted by Gasteiger charge is -2.06. The Bertz CT molecular complexity index is 353. The van der Waals surface area contributed by atoms with Crippen molar-refractivity contribution in [3.63, 3.8) is 0 Å². The zero-order chi connectivity index (χ0) is 10.8. The molecule has 1 amide bonds. The summed E-state index contributed by atoms with van der Waals surface area (Å²) in [6.07, 6.45) is 0.540. The van der Waals surface area contributed by atoms with Gasteiger partial charge in [0.05, 0.1) is 12.2 Å². The van der Waals surface area contributed by atoms with Crippen LogP contribution in [0, 0.1) is 13.8 Å². The molecule has 2 heterocycles. The second-order valence-electron chi connectivity index (χ2n) is 3.84. The summed E-state index contributed by atoms with van der Waals surface area (Å²) in [7, 11) is 0. The highest BCUT2D eigenvalue weighted by atomic mass is 16.4. The molecule has 5 nitrogen and oxygen atoms in total. The lowest BCUT2D eigenvalue weighted by Crippen LogP contribution is -2.30. The van der Waals surface area contributed by atoms with Crippen LogP contribution in [0.2, 0.25) is 0 Å². The van der Waals surface area contributed by atoms with Crippen molar-refractivity contribution in [2.75, 3.05) is 6.54 Å². The number of carbonyl (C=O) groups excluding carboxylic acids is 1. The van der Waals surface area contributed by atoms with Gasteiger partial charge in [-0.3, -0.25) is 4.79 Å². The molecule has 1 unspecified atom stereocenters. The summed E-state index contributed by atoms with van der Waals surface area (Å²) >= 11 is 0. The van der Waals surface area contributed by atoms with Gasteiger partial charge < -0.3 is 15.1 Å². The van der Waals surface area contributed by atoms with Crippen molar-refractivity contribution in [2.24, 2.45) is 0 Å². The van der Waals surface area contributed by atoms with Gasteiger partial charge >= 0.3 is 0 Å². The van der Waals surface area contributed by atoms with Gasteiger partial charge in [0.25, 0.3) is 0 Å². The van der Waals surface area contributed by atoms with E-state index in [1.54, 1.807) is 0 Å². The highest BCUT2D eigenvalue weighted by Crippen LogP contribution is 2.08. The second kappa shape index (κ2) is 4.02. The predicted molar refractivity (Wildman–Crippen MR) is 54.2 cm³/mol. The molecule has 1 aliphatic heterocycles. The van der Waals surface area contributed by atoms with E-state index in [0.29, 0.717) is 25.4 Å². The van der Waals surface area contributed by atoms with Crippen LogP contribution < -0.4 is 10.6 Å². The first-order chi connectivity index (χ1) is 7.15. The Kier molecular flexibility index (Phi) is 2.73. The Morgan fingerprint density at radius 3 is 2.93 bits per heavy atom. The molecule has 1 aromatic rings. The molecule has 0 radical (unpaired) electrons. The third-order valence-corrected chi connectivity index (χ3v) is 2.59. The van der Waals surface area contributed by atoms with Gasteiger partial charge in [0.15, 0.2) is 0 Å². The molecule has 1 aliphatic rings. The van der Waals surface area contributed by atoms with Crippen LogP contribution >= 0.6 is 0 Å². The maximum absolute atomic E-state index is 10.9. The average Bonchev–Trinajstić information content (AvgIpc) is 2.72. The van der Waals surface area contributed by atoms with E-state index < -0.39 is 0 Å². The predicted octanol–water partition coefficient (Wildman–Crippen LogP) is 0.270. The molecule has 1 fully saturated rings. The maximum Gasteiger partial charge on any atom is 0.221 e. The minimum absolute atomic E-state index is 0.104. The molecule has 2 rings (SSSR count). The first-order valence-corrected chi connectivity index (χ1v) is 5.08. The largest absolute Gasteiger partial charge is 0.444 e. The fourth-order valence-electron chi connectivity index (χ4n) is 1.60. The molecular weight excluding hydrogens is 194 g/mol. The smallest absolute Gasteiger partial charge is 0.221 e. The van der Waals surface area contributed by atoms with Crippen LogP contribution in [0.5, 0.6) is 0 Å². The van der Waals surface area contributed by atoms with Crippen LogP contribution in [-0.2, 0) is 11.3 Å². The lowest BCUT2D eigenvalue weighted by atomic mass is 10.2. The summed E-state index contributed by atoms with van der Waals surface area (Å²) < 4.78 is 5.42. The Labute approximate surface area is 88.3 Å². The van der Waals surface area contributed by atoms with E-state index in [1.165, 1.54) is 0 Å². The standard InChI is InChI=1S/C10H15N3O2/c1-6-7(2)15-10(13-6)5-11-8-3-9(14)12-4-8/h8,11H,3-5H2,1-2H3,(H,12,14). The van der Waals surface area contributed by atoms with Crippen LogP contribution in [-0.4, -0.2) is 23.5 Å². The average molecular weight is 209 g/mol. The molecule has 0 bridgehead atoms. The number of amides is 1. The van der Waals surface area contributed by atoms with Gasteiger partial charge in [0.2, 0.25) is 11.8 Å². The van der Waals surface area contributed by atoms with Gasteiger partial charge in [-0.15, -0.1) is 0 Å². The van der Waals surface area contributed by atoms with Crippen molar-refractivity contribution < 1.29 is 9.21 Å². The molecule has 0 aliphatic carbocycles. The number of nitrogens with one attached hydrogen (secondary N) is 2. The molecule has 2 N–H and O–H groups in total. The molecule has 15 heavy (non-hydrogen) atoms. The number of carbonyl (C=O) groups is 1. The van der Waals surface area contributed by atoms with E-state index in [2.05, 4.69) is 15.6 Å². The highest BCUT2D eigenvalue weighted by molar-refractivity contribution is 5.78. The third kappa shape index (κ3) is 2.36. The number of oxazole rings is 1. The number of rotatable bonds is 3. The Balaban J connectivity index is 1.85. The van der Waals surface area contributed by atoms with Gasteiger partial charge in [-0.1, -0.05) is 0 Å². The van der Waals surface area contributed by atoms with Crippen molar-refractivity contribution in [1.29, 1.82) is 0 Å². The molecule has 0 spiro atoms. The number of hydrogen-bond donors (Lipinski definition) is 2. The molecule has 0 aromatic carbocycles. The Hall–Kier alpha value is -1.36. The van der Waals surface area contributed by atoms with E-state index in [0.717, 1.165) is 11.5 Å². The van der Waals surface area contributed by atoms with Crippen molar-refractivity contribution in [1.82, 2.24) is 15.6 Å². The summed E-state index contributed by atoms with van der Waals surface area (Å²) in [5, 5.41) is 6.00. The Morgan fingerprint density at radius 2 is 2.40 bits per heavy atom. The van der Waals surface area contributed by atoms with Crippen LogP contribution in [0.3, 0.4) is 0 Å². The second-order valence-corrected chi connectivity index (χ2v) is 3.84. The van der Waals surface area contributed by atoms with Crippen LogP contribution in [0.4, 0.5) is 0 Å². The summed E-state index contributed by atoms with van der Waals surface area (Å²) in [5.74, 6) is 1.64. The normalized spacial score (nSPS) is 20.7. The van der Waals surface area contributed by atoms with Gasteiger partial charge in [-0.2, -0.15) is 0 Å². The number of nitrogens with zero attached hydrogens (tertiary/aromatic N) is 1. The number of aryl methyl sites for hydroxylation is 2. The fraction of sp³-hybridized carbons (Fsp3) is 0.600. The summed E-state index contributed by atoms with van der Waals surface area (Å²) in [6.45, 7) is 5.08. The number of aromatic nitrogens is 1. The van der Waals surface area contributed by atoms with Gasteiger partial charge in [0, 0.05) is 19.0 Å². The summed E-state index contributed by atoms with van der Waals surface area (Å²) in [5.41, 5.74) is 0.924. The fourth-order valence-corrected chi connectivity index (χ4v) is 1.60. The lowest BCUT2D eigenvalue weighted by molar-refractivity contribution is -0.119. The molecular formula is C10H15N3O2. The SMILES string of the molecule is Cc1nc(CNC2CNC(=O)C2)oc1C. The first kappa shape index (κ1) is 10.2. The molecule has 1 atom stereocenters. The minimum Gasteiger partial charge on any atom is -0.444 e. The molecule has 1 aromatic heterocycles. The topological polar surface area (TPSA) is 67.2 Å². The highest BCUT2D eigenvalue weighted by Gasteiger charge is 2.21. The molecule has 1 saturated heterocycles. The van der Waals surface area contributed by atoms with Crippen molar-refractivity contribution in [3.8, 4) is 0 Å². The maximum atomic E-state index is 10.9. The minimum atomic E-state index is 0.104. The van der Waals surface area contributed by atoms with E-state index in [4.69, 9.17) is 4.42 Å². The summed E-state index contributed by atoms with van der Waals surface area (Å²) in [4.78, 5) is 15.2. The van der Waals surface area contributed by atoms with Crippen molar-refractivity contribution in [2.45, 2.75) is 32.9 Å². The monoisotopic (exact) mass is 209 g/mol. The first-order valence-electron chi connectivity index (χ1n) is 5.08. The molecule has 0 saturated carbocycles. The molecule has 5 heteroatoms. The summed E-state index contributed by atoms with van der Waals surface area (Å²) in [6, 6.07) is 0.199. The quantitative estimate of drug-likeness (QED) is 0.749. The van der Waals surface area contributed by atoms with Gasteiger partial charge in [-0.05, 0) is 13.8 Å².